The zero-order chi connectivity index (χ0) is 42.4. The molecule has 2 heterocycles. The fourth-order valence-corrected chi connectivity index (χ4v) is 11.2. The Labute approximate surface area is 364 Å². The van der Waals surface area contributed by atoms with Crippen LogP contribution in [0.4, 0.5) is 11.4 Å². The standard InChI is InChI=1S/C58H50N2O2/c1-4-58(39-41-24-10-6-11-25-41)51(60(37-36-52(61)62)56-49-33-21-17-29-45(49)43-27-15-19-31-47(43)54(56)58)35-13-7-12-34-50-57(2,38-40-22-8-5-9-23-40)53-46-30-18-14-26-42(46)44-28-16-20-32-48(44)55(53)59(50)3/h5-35H,4,36-39H2,1-3H3/p+1. The minimum atomic E-state index is -0.802. The number of hydrogen-bond acceptors (Lipinski definition) is 2. The molecular weight excluding hydrogens is 757 g/mol. The van der Waals surface area contributed by atoms with Crippen LogP contribution in [0.1, 0.15) is 48.9 Å². The van der Waals surface area contributed by atoms with Crippen LogP contribution >= 0.6 is 0 Å². The van der Waals surface area contributed by atoms with Crippen molar-refractivity contribution in [3.05, 3.63) is 216 Å². The molecule has 2 atom stereocenters. The van der Waals surface area contributed by atoms with Crippen molar-refractivity contribution >= 4 is 66.1 Å². The first-order valence-corrected chi connectivity index (χ1v) is 22.0. The van der Waals surface area contributed by atoms with Gasteiger partial charge in [-0.05, 0) is 87.3 Å². The Kier molecular flexibility index (Phi) is 9.95. The van der Waals surface area contributed by atoms with Gasteiger partial charge in [0, 0.05) is 35.2 Å². The summed E-state index contributed by atoms with van der Waals surface area (Å²) in [6, 6.07) is 56.8. The molecule has 2 aliphatic rings. The predicted octanol–water partition coefficient (Wildman–Crippen LogP) is 13.4. The number of carboxylic acid groups (broad SMARTS) is 1. The third-order valence-electron chi connectivity index (χ3n) is 13.8. The van der Waals surface area contributed by atoms with Gasteiger partial charge in [-0.1, -0.05) is 177 Å². The number of rotatable bonds is 11. The third kappa shape index (κ3) is 6.27. The summed E-state index contributed by atoms with van der Waals surface area (Å²) in [4.78, 5) is 14.8. The first-order chi connectivity index (χ1) is 30.3. The maximum atomic E-state index is 12.3. The molecule has 0 spiro atoms. The minimum absolute atomic E-state index is 0.0290. The summed E-state index contributed by atoms with van der Waals surface area (Å²) in [5.74, 6) is -0.802. The molecule has 0 amide bonds. The van der Waals surface area contributed by atoms with Crippen molar-refractivity contribution in [1.82, 2.24) is 0 Å². The van der Waals surface area contributed by atoms with E-state index in [-0.39, 0.29) is 11.8 Å². The van der Waals surface area contributed by atoms with Gasteiger partial charge in [-0.15, -0.1) is 0 Å². The SMILES string of the molecule is CCC1(Cc2ccccc2)C(C=CC=CC=C2N(C)c3c(c4ccccc4c4ccccc34)C2(C)Cc2ccccc2)=[N+](CCC(=O)O)c2c1c1ccccc1c1ccccc21. The summed E-state index contributed by atoms with van der Waals surface area (Å²) < 4.78 is 2.34. The van der Waals surface area contributed by atoms with E-state index in [1.807, 2.05) is 0 Å². The molecule has 2 unspecified atom stereocenters. The van der Waals surface area contributed by atoms with Crippen LogP contribution in [-0.4, -0.2) is 35.0 Å². The van der Waals surface area contributed by atoms with E-state index in [1.54, 1.807) is 0 Å². The number of anilines is 1. The van der Waals surface area contributed by atoms with Crippen molar-refractivity contribution in [2.45, 2.75) is 50.4 Å². The smallest absolute Gasteiger partial charge is 0.309 e. The van der Waals surface area contributed by atoms with Crippen molar-refractivity contribution < 1.29 is 14.5 Å². The van der Waals surface area contributed by atoms with Gasteiger partial charge in [0.15, 0.2) is 12.3 Å². The number of carboxylic acids is 1. The van der Waals surface area contributed by atoms with Gasteiger partial charge in [0.1, 0.15) is 6.42 Å². The summed E-state index contributed by atoms with van der Waals surface area (Å²) in [6.45, 7) is 5.08. The molecule has 8 aromatic rings. The van der Waals surface area contributed by atoms with E-state index in [1.165, 1.54) is 71.3 Å². The van der Waals surface area contributed by atoms with Crippen molar-refractivity contribution in [2.75, 3.05) is 18.5 Å². The van der Waals surface area contributed by atoms with Gasteiger partial charge in [0.05, 0.1) is 16.5 Å². The number of hydrogen-bond donors (Lipinski definition) is 1. The van der Waals surface area contributed by atoms with Gasteiger partial charge in [-0.25, -0.2) is 0 Å². The van der Waals surface area contributed by atoms with Crippen LogP contribution in [0, 0.1) is 0 Å². The molecule has 0 fully saturated rings. The molecule has 0 aromatic heterocycles. The second-order valence-electron chi connectivity index (χ2n) is 17.3. The molecule has 1 N–H and O–H groups in total. The highest BCUT2D eigenvalue weighted by Gasteiger charge is 2.52. The quantitative estimate of drug-likeness (QED) is 0.0804. The van der Waals surface area contributed by atoms with Crippen molar-refractivity contribution in [1.29, 1.82) is 0 Å². The highest BCUT2D eigenvalue weighted by atomic mass is 16.4. The number of benzene rings is 8. The summed E-state index contributed by atoms with van der Waals surface area (Å²) in [6.07, 6.45) is 13.6. The molecule has 0 saturated carbocycles. The van der Waals surface area contributed by atoms with Gasteiger partial charge < -0.3 is 10.0 Å². The predicted molar refractivity (Wildman–Crippen MR) is 259 cm³/mol. The number of likely N-dealkylation sites (N-methyl/N-ethyl adjacent to an activating group) is 1. The van der Waals surface area contributed by atoms with Gasteiger partial charge in [-0.3, -0.25) is 4.79 Å². The third-order valence-corrected chi connectivity index (χ3v) is 13.8. The fraction of sp³-hybridized carbons (Fsp3) is 0.172. The maximum Gasteiger partial charge on any atom is 0.309 e. The van der Waals surface area contributed by atoms with Crippen LogP contribution in [0.15, 0.2) is 194 Å². The van der Waals surface area contributed by atoms with E-state index < -0.39 is 11.4 Å². The van der Waals surface area contributed by atoms with Crippen LogP contribution in [0.25, 0.3) is 43.1 Å². The summed E-state index contributed by atoms with van der Waals surface area (Å²) in [5, 5.41) is 20.0. The highest BCUT2D eigenvalue weighted by molar-refractivity contribution is 6.20. The second kappa shape index (κ2) is 15.8. The Bertz CT molecular complexity index is 3180. The summed E-state index contributed by atoms with van der Waals surface area (Å²) in [7, 11) is 2.23. The number of fused-ring (bicyclic) bond motifs is 12. The molecule has 304 valence electrons. The minimum Gasteiger partial charge on any atom is -0.481 e. The molecule has 0 bridgehead atoms. The fourth-order valence-electron chi connectivity index (χ4n) is 11.2. The van der Waals surface area contributed by atoms with Crippen LogP contribution in [-0.2, 0) is 28.5 Å². The maximum absolute atomic E-state index is 12.3. The topological polar surface area (TPSA) is 43.5 Å². The van der Waals surface area contributed by atoms with Gasteiger partial charge in [-0.2, -0.15) is 4.58 Å². The molecular formula is C58H51N2O2+. The molecule has 62 heavy (non-hydrogen) atoms. The van der Waals surface area contributed by atoms with Crippen molar-refractivity contribution in [3.8, 4) is 0 Å². The Morgan fingerprint density at radius 1 is 0.597 bits per heavy atom. The molecule has 4 nitrogen and oxygen atoms in total. The van der Waals surface area contributed by atoms with E-state index in [2.05, 4.69) is 218 Å². The molecule has 2 aliphatic heterocycles. The normalized spacial score (nSPS) is 19.3. The lowest BCUT2D eigenvalue weighted by molar-refractivity contribution is -0.435. The molecule has 0 radical (unpaired) electrons. The van der Waals surface area contributed by atoms with E-state index in [4.69, 9.17) is 0 Å². The number of carbonyl (C=O) groups is 1. The molecule has 0 saturated heterocycles. The van der Waals surface area contributed by atoms with E-state index in [0.717, 1.165) is 36.0 Å². The van der Waals surface area contributed by atoms with Gasteiger partial charge in [0.2, 0.25) is 5.69 Å². The van der Waals surface area contributed by atoms with Crippen LogP contribution in [0.3, 0.4) is 0 Å². The lowest BCUT2D eigenvalue weighted by Gasteiger charge is -2.29. The number of aliphatic carboxylic acids is 1. The van der Waals surface area contributed by atoms with Crippen LogP contribution < -0.4 is 4.90 Å². The zero-order valence-corrected chi connectivity index (χ0v) is 35.7. The molecule has 4 heteroatoms. The summed E-state index contributed by atoms with van der Waals surface area (Å²) >= 11 is 0. The average molecular weight is 808 g/mol. The van der Waals surface area contributed by atoms with Crippen LogP contribution in [0.2, 0.25) is 0 Å². The van der Waals surface area contributed by atoms with Gasteiger partial charge in [0.25, 0.3) is 0 Å². The Balaban J connectivity index is 1.14. The largest absolute Gasteiger partial charge is 0.481 e. The Hall–Kier alpha value is -7.04. The first-order valence-electron chi connectivity index (χ1n) is 22.0. The lowest BCUT2D eigenvalue weighted by Crippen LogP contribution is -2.36. The van der Waals surface area contributed by atoms with E-state index >= 15 is 0 Å². The molecule has 0 aliphatic carbocycles. The van der Waals surface area contributed by atoms with E-state index in [9.17, 15) is 9.90 Å². The van der Waals surface area contributed by atoms with Crippen molar-refractivity contribution in [3.63, 3.8) is 0 Å². The highest BCUT2D eigenvalue weighted by Crippen LogP contribution is 2.56. The van der Waals surface area contributed by atoms with Gasteiger partial charge >= 0.3 is 5.97 Å². The number of allylic oxidation sites excluding steroid dienone is 6. The Morgan fingerprint density at radius 2 is 1.08 bits per heavy atom. The van der Waals surface area contributed by atoms with E-state index in [0.29, 0.717) is 6.54 Å². The average Bonchev–Trinajstić information content (AvgIpc) is 3.70. The lowest BCUT2D eigenvalue weighted by atomic mass is 9.69. The second-order valence-corrected chi connectivity index (χ2v) is 17.3. The summed E-state index contributed by atoms with van der Waals surface area (Å²) in [5.41, 5.74) is 9.28. The Morgan fingerprint density at radius 3 is 1.66 bits per heavy atom. The molecule has 10 rings (SSSR count). The zero-order valence-electron chi connectivity index (χ0n) is 35.7. The number of nitrogens with zero attached hydrogens (tertiary/aromatic N) is 2. The van der Waals surface area contributed by atoms with Crippen molar-refractivity contribution in [2.24, 2.45) is 0 Å². The monoisotopic (exact) mass is 807 g/mol. The van der Waals surface area contributed by atoms with Crippen LogP contribution in [0.5, 0.6) is 0 Å². The first kappa shape index (κ1) is 39.1. The molecule has 8 aromatic carbocycles.